The van der Waals surface area contributed by atoms with Gasteiger partial charge in [-0.15, -0.1) is 0 Å². The van der Waals surface area contributed by atoms with Gasteiger partial charge in [-0.2, -0.15) is 0 Å². The minimum absolute atomic E-state index is 0.130. The van der Waals surface area contributed by atoms with Gasteiger partial charge >= 0.3 is 5.97 Å². The molecule has 2 rings (SSSR count). The molecule has 1 fully saturated rings. The van der Waals surface area contributed by atoms with Crippen LogP contribution in [0.4, 0.5) is 0 Å². The lowest BCUT2D eigenvalue weighted by Gasteiger charge is -2.40. The standard InChI is InChI=1S/C14H20ClNO3/c1-3-14(4-2)8-11(5-6-19-14)16-9-10(15)7-12(16)13(17)18/h7,9,11H,3-6,8H2,1-2H3,(H,17,18). The number of aromatic carboxylic acids is 1. The first kappa shape index (κ1) is 14.4. The fraction of sp³-hybridized carbons (Fsp3) is 0.643. The van der Waals surface area contributed by atoms with Gasteiger partial charge in [-0.1, -0.05) is 25.4 Å². The zero-order chi connectivity index (χ0) is 14.0. The summed E-state index contributed by atoms with van der Waals surface area (Å²) >= 11 is 5.95. The van der Waals surface area contributed by atoms with E-state index < -0.39 is 5.97 Å². The number of hydrogen-bond acceptors (Lipinski definition) is 2. The number of halogens is 1. The first-order valence-electron chi connectivity index (χ1n) is 6.76. The van der Waals surface area contributed by atoms with Gasteiger partial charge in [0.2, 0.25) is 0 Å². The normalized spacial score (nSPS) is 22.4. The number of aromatic nitrogens is 1. The van der Waals surface area contributed by atoms with Gasteiger partial charge in [-0.05, 0) is 31.7 Å². The Kier molecular flexibility index (Phi) is 4.21. The summed E-state index contributed by atoms with van der Waals surface area (Å²) in [6, 6.07) is 1.66. The van der Waals surface area contributed by atoms with Crippen molar-refractivity contribution in [3.05, 3.63) is 23.0 Å². The van der Waals surface area contributed by atoms with Gasteiger partial charge in [0.05, 0.1) is 10.6 Å². The molecule has 1 aromatic rings. The molecule has 2 heterocycles. The summed E-state index contributed by atoms with van der Waals surface area (Å²) in [7, 11) is 0. The Balaban J connectivity index is 2.29. The van der Waals surface area contributed by atoms with E-state index in [-0.39, 0.29) is 17.3 Å². The average Bonchev–Trinajstić information content (AvgIpc) is 2.81. The van der Waals surface area contributed by atoms with Gasteiger partial charge in [-0.25, -0.2) is 4.79 Å². The van der Waals surface area contributed by atoms with Gasteiger partial charge in [0, 0.05) is 18.8 Å². The lowest BCUT2D eigenvalue weighted by molar-refractivity contribution is -0.0989. The molecule has 106 valence electrons. The van der Waals surface area contributed by atoms with E-state index in [1.54, 1.807) is 10.8 Å². The van der Waals surface area contributed by atoms with E-state index in [1.807, 2.05) is 0 Å². The molecular formula is C14H20ClNO3. The van der Waals surface area contributed by atoms with Gasteiger partial charge in [0.1, 0.15) is 5.69 Å². The summed E-state index contributed by atoms with van der Waals surface area (Å²) < 4.78 is 7.73. The van der Waals surface area contributed by atoms with Gasteiger partial charge < -0.3 is 14.4 Å². The Morgan fingerprint density at radius 2 is 2.26 bits per heavy atom. The molecule has 1 atom stereocenters. The molecule has 0 amide bonds. The minimum Gasteiger partial charge on any atom is -0.477 e. The topological polar surface area (TPSA) is 51.5 Å². The number of carboxylic acids is 1. The third kappa shape index (κ3) is 2.79. The van der Waals surface area contributed by atoms with Crippen LogP contribution in [0.2, 0.25) is 5.02 Å². The quantitative estimate of drug-likeness (QED) is 0.916. The van der Waals surface area contributed by atoms with Crippen LogP contribution >= 0.6 is 11.6 Å². The number of nitrogens with zero attached hydrogens (tertiary/aromatic N) is 1. The third-order valence-electron chi connectivity index (χ3n) is 4.18. The zero-order valence-corrected chi connectivity index (χ0v) is 12.1. The zero-order valence-electron chi connectivity index (χ0n) is 11.4. The van der Waals surface area contributed by atoms with E-state index in [9.17, 15) is 9.90 Å². The van der Waals surface area contributed by atoms with E-state index in [0.29, 0.717) is 11.6 Å². The van der Waals surface area contributed by atoms with Crippen LogP contribution in [0.25, 0.3) is 0 Å². The van der Waals surface area contributed by atoms with Crippen molar-refractivity contribution in [2.45, 2.75) is 51.2 Å². The maximum atomic E-state index is 11.3. The van der Waals surface area contributed by atoms with Crippen LogP contribution in [0.3, 0.4) is 0 Å². The molecule has 0 radical (unpaired) electrons. The molecule has 5 heteroatoms. The summed E-state index contributed by atoms with van der Waals surface area (Å²) in [5, 5.41) is 9.72. The Bertz CT molecular complexity index is 465. The second-order valence-electron chi connectivity index (χ2n) is 5.14. The van der Waals surface area contributed by atoms with E-state index in [1.165, 1.54) is 6.07 Å². The smallest absolute Gasteiger partial charge is 0.352 e. The van der Waals surface area contributed by atoms with Crippen molar-refractivity contribution in [1.29, 1.82) is 0 Å². The number of hydrogen-bond donors (Lipinski definition) is 1. The maximum Gasteiger partial charge on any atom is 0.352 e. The molecule has 1 aliphatic heterocycles. The number of ether oxygens (including phenoxy) is 1. The Labute approximate surface area is 118 Å². The number of rotatable bonds is 4. The van der Waals surface area contributed by atoms with Crippen LogP contribution in [0.15, 0.2) is 12.3 Å². The van der Waals surface area contributed by atoms with Crippen LogP contribution < -0.4 is 0 Å². The van der Waals surface area contributed by atoms with Crippen LogP contribution in [0.5, 0.6) is 0 Å². The monoisotopic (exact) mass is 285 g/mol. The molecule has 0 saturated carbocycles. The van der Waals surface area contributed by atoms with Crippen molar-refractivity contribution in [2.24, 2.45) is 0 Å². The van der Waals surface area contributed by atoms with Crippen LogP contribution in [-0.4, -0.2) is 27.9 Å². The molecule has 19 heavy (non-hydrogen) atoms. The Morgan fingerprint density at radius 1 is 1.58 bits per heavy atom. The van der Waals surface area contributed by atoms with E-state index in [0.717, 1.165) is 25.7 Å². The molecule has 4 nitrogen and oxygen atoms in total. The average molecular weight is 286 g/mol. The molecule has 0 aliphatic carbocycles. The second kappa shape index (κ2) is 5.55. The molecule has 1 aromatic heterocycles. The lowest BCUT2D eigenvalue weighted by Crippen LogP contribution is -2.39. The van der Waals surface area contributed by atoms with Crippen molar-refractivity contribution in [3.8, 4) is 0 Å². The molecule has 0 bridgehead atoms. The predicted molar refractivity (Wildman–Crippen MR) is 73.9 cm³/mol. The highest BCUT2D eigenvalue weighted by atomic mass is 35.5. The second-order valence-corrected chi connectivity index (χ2v) is 5.58. The molecule has 1 aliphatic rings. The first-order chi connectivity index (χ1) is 9.01. The van der Waals surface area contributed by atoms with Crippen molar-refractivity contribution in [1.82, 2.24) is 4.57 Å². The molecular weight excluding hydrogens is 266 g/mol. The molecule has 1 unspecified atom stereocenters. The largest absolute Gasteiger partial charge is 0.477 e. The number of carbonyl (C=O) groups is 1. The van der Waals surface area contributed by atoms with Gasteiger partial charge in [0.25, 0.3) is 0 Å². The van der Waals surface area contributed by atoms with Crippen LogP contribution in [0.1, 0.15) is 56.1 Å². The first-order valence-corrected chi connectivity index (χ1v) is 7.13. The predicted octanol–water partition coefficient (Wildman–Crippen LogP) is 3.75. The summed E-state index contributed by atoms with van der Waals surface area (Å²) in [4.78, 5) is 11.3. The molecule has 1 saturated heterocycles. The van der Waals surface area contributed by atoms with E-state index >= 15 is 0 Å². The molecule has 0 aromatic carbocycles. The fourth-order valence-corrected chi connectivity index (χ4v) is 3.11. The van der Waals surface area contributed by atoms with Crippen molar-refractivity contribution in [2.75, 3.05) is 6.61 Å². The van der Waals surface area contributed by atoms with Crippen LogP contribution in [0, 0.1) is 0 Å². The fourth-order valence-electron chi connectivity index (χ4n) is 2.90. The maximum absolute atomic E-state index is 11.3. The minimum atomic E-state index is -0.933. The highest BCUT2D eigenvalue weighted by Gasteiger charge is 2.36. The third-order valence-corrected chi connectivity index (χ3v) is 4.39. The summed E-state index contributed by atoms with van der Waals surface area (Å²) in [5.74, 6) is -0.933. The molecule has 1 N–H and O–H groups in total. The highest BCUT2D eigenvalue weighted by molar-refractivity contribution is 6.30. The number of carboxylic acid groups (broad SMARTS) is 1. The molecule has 0 spiro atoms. The van der Waals surface area contributed by atoms with E-state index in [2.05, 4.69) is 13.8 Å². The van der Waals surface area contributed by atoms with E-state index in [4.69, 9.17) is 16.3 Å². The van der Waals surface area contributed by atoms with Crippen LogP contribution in [-0.2, 0) is 4.74 Å². The summed E-state index contributed by atoms with van der Waals surface area (Å²) in [5.41, 5.74) is 0.133. The van der Waals surface area contributed by atoms with Crippen molar-refractivity contribution >= 4 is 17.6 Å². The van der Waals surface area contributed by atoms with Crippen molar-refractivity contribution < 1.29 is 14.6 Å². The van der Waals surface area contributed by atoms with Crippen molar-refractivity contribution in [3.63, 3.8) is 0 Å². The van der Waals surface area contributed by atoms with Gasteiger partial charge in [-0.3, -0.25) is 0 Å². The summed E-state index contributed by atoms with van der Waals surface area (Å²) in [6.45, 7) is 4.90. The van der Waals surface area contributed by atoms with Gasteiger partial charge in [0.15, 0.2) is 0 Å². The Hall–Kier alpha value is -1.00. The highest BCUT2D eigenvalue weighted by Crippen LogP contribution is 2.38. The summed E-state index contributed by atoms with van der Waals surface area (Å²) in [6.07, 6.45) is 5.27. The Morgan fingerprint density at radius 3 is 2.84 bits per heavy atom. The SMILES string of the molecule is CCC1(CC)CC(n2cc(Cl)cc2C(=O)O)CCO1. The lowest BCUT2D eigenvalue weighted by atomic mass is 9.85.